The fourth-order valence-electron chi connectivity index (χ4n) is 5.66. The number of benzene rings is 5. The molecule has 0 unspecified atom stereocenters. The largest absolute Gasteiger partial charge is 0.494 e. The highest BCUT2D eigenvalue weighted by Crippen LogP contribution is 2.19. The van der Waals surface area contributed by atoms with Gasteiger partial charge in [0.05, 0.1) is 18.6 Å². The first-order valence-corrected chi connectivity index (χ1v) is 18.5. The summed E-state index contributed by atoms with van der Waals surface area (Å²) in [5.41, 5.74) is 3.60. The minimum absolute atomic E-state index is 0.00361. The van der Waals surface area contributed by atoms with Crippen molar-refractivity contribution in [1.29, 1.82) is 0 Å². The molecule has 0 radical (unpaired) electrons. The number of esters is 1. The van der Waals surface area contributed by atoms with Gasteiger partial charge < -0.3 is 30.0 Å². The zero-order valence-corrected chi connectivity index (χ0v) is 30.9. The van der Waals surface area contributed by atoms with Crippen LogP contribution in [0.4, 0.5) is 5.69 Å². The Morgan fingerprint density at radius 1 is 0.618 bits per heavy atom. The van der Waals surface area contributed by atoms with Crippen molar-refractivity contribution >= 4 is 29.4 Å². The van der Waals surface area contributed by atoms with Gasteiger partial charge in [0.25, 0.3) is 5.91 Å². The van der Waals surface area contributed by atoms with E-state index in [-0.39, 0.29) is 24.3 Å². The van der Waals surface area contributed by atoms with Crippen molar-refractivity contribution in [2.45, 2.75) is 64.5 Å². The Bertz CT molecular complexity index is 1980. The van der Waals surface area contributed by atoms with Gasteiger partial charge in [-0.2, -0.15) is 0 Å². The molecule has 0 spiro atoms. The summed E-state index contributed by atoms with van der Waals surface area (Å²) >= 11 is 0. The SMILES string of the molecule is CCCCCCCOc1ccc(C(=O)Oc2ccc(C[C@H](NC(=O)c3ccc(NC(=O)Cc4ccc(OCc5ccccc5)cc4)cc3)C(=O)O)cc2)cc1. The minimum atomic E-state index is -1.22. The predicted molar refractivity (Wildman–Crippen MR) is 211 cm³/mol. The summed E-state index contributed by atoms with van der Waals surface area (Å²) in [6.45, 7) is 3.26. The molecule has 0 fully saturated rings. The second-order valence-electron chi connectivity index (χ2n) is 13.1. The van der Waals surface area contributed by atoms with Crippen molar-refractivity contribution in [3.05, 3.63) is 155 Å². The fourth-order valence-corrected chi connectivity index (χ4v) is 5.66. The van der Waals surface area contributed by atoms with Crippen LogP contribution in [0.25, 0.3) is 0 Å². The highest BCUT2D eigenvalue weighted by atomic mass is 16.5. The molecule has 1 atom stereocenters. The Morgan fingerprint density at radius 3 is 1.89 bits per heavy atom. The van der Waals surface area contributed by atoms with Crippen LogP contribution in [0, 0.1) is 0 Å². The van der Waals surface area contributed by atoms with Crippen LogP contribution in [0.2, 0.25) is 0 Å². The van der Waals surface area contributed by atoms with Crippen molar-refractivity contribution in [3.8, 4) is 17.2 Å². The molecular weight excluding hydrogens is 697 g/mol. The number of hydrogen-bond donors (Lipinski definition) is 3. The van der Waals surface area contributed by atoms with E-state index in [0.29, 0.717) is 47.3 Å². The summed E-state index contributed by atoms with van der Waals surface area (Å²) in [5.74, 6) is -0.847. The Balaban J connectivity index is 1.05. The second-order valence-corrected chi connectivity index (χ2v) is 13.1. The molecule has 10 nitrogen and oxygen atoms in total. The number of carboxylic acid groups (broad SMARTS) is 1. The van der Waals surface area contributed by atoms with Crippen LogP contribution in [-0.2, 0) is 29.0 Å². The first-order valence-electron chi connectivity index (χ1n) is 18.5. The number of ether oxygens (including phenoxy) is 3. The standard InChI is InChI=1S/C45H46N2O8/c1-2-3-4-5-9-28-53-38-26-18-36(19-27-38)45(52)55-40-24-14-32(15-25-40)29-41(44(50)51)47-43(49)35-16-20-37(21-17-35)46-42(48)30-33-12-22-39(23-13-33)54-31-34-10-7-6-8-11-34/h6-8,10-27,41H,2-5,9,28-31H2,1H3,(H,46,48)(H,47,49)(H,50,51)/t41-/m0/s1. The number of hydrogen-bond acceptors (Lipinski definition) is 7. The van der Waals surface area contributed by atoms with Crippen molar-refractivity contribution in [3.63, 3.8) is 0 Å². The van der Waals surface area contributed by atoms with E-state index in [1.807, 2.05) is 54.6 Å². The maximum atomic E-state index is 13.0. The number of amides is 2. The van der Waals surface area contributed by atoms with Crippen LogP contribution in [0.3, 0.4) is 0 Å². The molecule has 0 aromatic heterocycles. The van der Waals surface area contributed by atoms with Crippen molar-refractivity contribution in [2.24, 2.45) is 0 Å². The minimum Gasteiger partial charge on any atom is -0.494 e. The Morgan fingerprint density at radius 2 is 1.22 bits per heavy atom. The summed E-state index contributed by atoms with van der Waals surface area (Å²) in [6.07, 6.45) is 5.90. The van der Waals surface area contributed by atoms with E-state index in [1.165, 1.54) is 31.4 Å². The van der Waals surface area contributed by atoms with Gasteiger partial charge in [-0.15, -0.1) is 0 Å². The molecule has 0 aliphatic heterocycles. The van der Waals surface area contributed by atoms with Crippen molar-refractivity contribution < 1.29 is 38.5 Å². The normalized spacial score (nSPS) is 11.2. The molecule has 0 aliphatic rings. The molecule has 0 aliphatic carbocycles. The lowest BCUT2D eigenvalue weighted by Gasteiger charge is -2.15. The van der Waals surface area contributed by atoms with Crippen molar-refractivity contribution in [1.82, 2.24) is 5.32 Å². The number of aliphatic carboxylic acids is 1. The first-order chi connectivity index (χ1) is 26.7. The molecule has 0 saturated heterocycles. The molecule has 284 valence electrons. The Labute approximate surface area is 321 Å². The predicted octanol–water partition coefficient (Wildman–Crippen LogP) is 8.44. The first kappa shape index (κ1) is 39.8. The molecule has 0 saturated carbocycles. The third-order valence-electron chi connectivity index (χ3n) is 8.75. The molecule has 0 bridgehead atoms. The number of carbonyl (C=O) groups excluding carboxylic acids is 3. The molecular formula is C45H46N2O8. The highest BCUT2D eigenvalue weighted by Gasteiger charge is 2.22. The number of rotatable bonds is 20. The van der Waals surface area contributed by atoms with Crippen LogP contribution < -0.4 is 24.8 Å². The van der Waals surface area contributed by atoms with E-state index in [4.69, 9.17) is 14.2 Å². The third kappa shape index (κ3) is 13.2. The topological polar surface area (TPSA) is 140 Å². The van der Waals surface area contributed by atoms with Crippen LogP contribution in [0.1, 0.15) is 76.4 Å². The van der Waals surface area contributed by atoms with Crippen LogP contribution in [0.5, 0.6) is 17.2 Å². The van der Waals surface area contributed by atoms with E-state index in [2.05, 4.69) is 17.6 Å². The lowest BCUT2D eigenvalue weighted by Crippen LogP contribution is -2.42. The number of carbonyl (C=O) groups is 4. The van der Waals surface area contributed by atoms with Gasteiger partial charge in [-0.25, -0.2) is 9.59 Å². The second kappa shape index (κ2) is 20.7. The summed E-state index contributed by atoms with van der Waals surface area (Å²) < 4.78 is 17.1. The van der Waals surface area contributed by atoms with E-state index in [1.54, 1.807) is 60.7 Å². The summed E-state index contributed by atoms with van der Waals surface area (Å²) in [6, 6.07) is 35.4. The van der Waals surface area contributed by atoms with Gasteiger partial charge in [0, 0.05) is 17.7 Å². The smallest absolute Gasteiger partial charge is 0.343 e. The van der Waals surface area contributed by atoms with Crippen molar-refractivity contribution in [2.75, 3.05) is 11.9 Å². The van der Waals surface area contributed by atoms with Crippen LogP contribution in [-0.4, -0.2) is 41.5 Å². The highest BCUT2D eigenvalue weighted by molar-refractivity contribution is 5.98. The van der Waals surface area contributed by atoms with Gasteiger partial charge >= 0.3 is 11.9 Å². The average molecular weight is 743 g/mol. The molecule has 0 heterocycles. The average Bonchev–Trinajstić information content (AvgIpc) is 3.20. The van der Waals surface area contributed by atoms with E-state index in [0.717, 1.165) is 24.0 Å². The third-order valence-corrected chi connectivity index (χ3v) is 8.75. The molecule has 5 aromatic rings. The lowest BCUT2D eigenvalue weighted by atomic mass is 10.0. The number of carboxylic acids is 1. The quantitative estimate of drug-likeness (QED) is 0.0410. The van der Waals surface area contributed by atoms with Gasteiger partial charge in [-0.05, 0) is 95.9 Å². The van der Waals surface area contributed by atoms with E-state index < -0.39 is 23.9 Å². The van der Waals surface area contributed by atoms with Gasteiger partial charge in [-0.3, -0.25) is 9.59 Å². The summed E-state index contributed by atoms with van der Waals surface area (Å²) in [4.78, 5) is 50.4. The fraction of sp³-hybridized carbons (Fsp3) is 0.244. The summed E-state index contributed by atoms with van der Waals surface area (Å²) in [7, 11) is 0. The Kier molecular flexibility index (Phi) is 15.0. The number of nitrogens with one attached hydrogen (secondary N) is 2. The molecule has 3 N–H and O–H groups in total. The van der Waals surface area contributed by atoms with Gasteiger partial charge in [0.2, 0.25) is 5.91 Å². The monoisotopic (exact) mass is 742 g/mol. The van der Waals surface area contributed by atoms with Gasteiger partial charge in [-0.1, -0.05) is 87.2 Å². The molecule has 2 amide bonds. The Hall–Kier alpha value is -6.42. The molecule has 55 heavy (non-hydrogen) atoms. The van der Waals surface area contributed by atoms with E-state index >= 15 is 0 Å². The maximum Gasteiger partial charge on any atom is 0.343 e. The van der Waals surface area contributed by atoms with E-state index in [9.17, 15) is 24.3 Å². The zero-order valence-electron chi connectivity index (χ0n) is 30.9. The number of unbranched alkanes of at least 4 members (excludes halogenated alkanes) is 4. The van der Waals surface area contributed by atoms with Crippen LogP contribution >= 0.6 is 0 Å². The molecule has 10 heteroatoms. The number of anilines is 1. The lowest BCUT2D eigenvalue weighted by molar-refractivity contribution is -0.139. The van der Waals surface area contributed by atoms with Gasteiger partial charge in [0.15, 0.2) is 0 Å². The van der Waals surface area contributed by atoms with Gasteiger partial charge in [0.1, 0.15) is 29.9 Å². The zero-order chi connectivity index (χ0) is 38.8. The summed E-state index contributed by atoms with van der Waals surface area (Å²) in [5, 5.41) is 15.2. The van der Waals surface area contributed by atoms with Crippen LogP contribution in [0.15, 0.2) is 127 Å². The molecule has 5 rings (SSSR count). The maximum absolute atomic E-state index is 13.0. The molecule has 5 aromatic carbocycles.